The fourth-order valence-corrected chi connectivity index (χ4v) is 2.64. The molecule has 0 spiro atoms. The highest BCUT2D eigenvalue weighted by Gasteiger charge is 2.25. The lowest BCUT2D eigenvalue weighted by molar-refractivity contribution is -0.142. The summed E-state index contributed by atoms with van der Waals surface area (Å²) in [7, 11) is 1.65. The zero-order valence-electron chi connectivity index (χ0n) is 12.4. The number of hydrogen-bond donors (Lipinski definition) is 2. The monoisotopic (exact) mass is 293 g/mol. The third-order valence-corrected chi connectivity index (χ3v) is 3.84. The van der Waals surface area contributed by atoms with Crippen LogP contribution in [0.25, 0.3) is 0 Å². The minimum atomic E-state index is -0.665. The van der Waals surface area contributed by atoms with Gasteiger partial charge in [0.2, 0.25) is 0 Å². The second kappa shape index (κ2) is 7.88. The van der Waals surface area contributed by atoms with Crippen molar-refractivity contribution in [2.45, 2.75) is 31.7 Å². The number of hydrogen-bond acceptors (Lipinski definition) is 4. The Hall–Kier alpha value is -1.75. The molecule has 0 saturated heterocycles. The topological polar surface area (TPSA) is 67.8 Å². The van der Waals surface area contributed by atoms with E-state index >= 15 is 0 Å². The Bertz CT molecular complexity index is 455. The van der Waals surface area contributed by atoms with Gasteiger partial charge in [0, 0.05) is 24.9 Å². The Labute approximate surface area is 125 Å². The molecule has 5 heteroatoms. The van der Waals surface area contributed by atoms with Gasteiger partial charge in [0.1, 0.15) is 12.4 Å². The fraction of sp³-hybridized carbons (Fsp3) is 0.562. The van der Waals surface area contributed by atoms with E-state index in [0.29, 0.717) is 19.3 Å². The van der Waals surface area contributed by atoms with E-state index in [-0.39, 0.29) is 5.92 Å². The van der Waals surface area contributed by atoms with E-state index in [4.69, 9.17) is 14.6 Å². The van der Waals surface area contributed by atoms with Crippen molar-refractivity contribution in [3.05, 3.63) is 24.3 Å². The number of methoxy groups -OCH3 is 1. The van der Waals surface area contributed by atoms with Crippen molar-refractivity contribution < 1.29 is 19.4 Å². The van der Waals surface area contributed by atoms with E-state index in [0.717, 1.165) is 37.1 Å². The molecule has 1 aromatic rings. The highest BCUT2D eigenvalue weighted by atomic mass is 16.5. The van der Waals surface area contributed by atoms with Crippen molar-refractivity contribution in [2.24, 2.45) is 5.92 Å². The first-order chi connectivity index (χ1) is 10.2. The molecule has 0 heterocycles. The molecule has 0 bridgehead atoms. The van der Waals surface area contributed by atoms with Crippen molar-refractivity contribution in [1.29, 1.82) is 0 Å². The quantitative estimate of drug-likeness (QED) is 0.757. The van der Waals surface area contributed by atoms with Gasteiger partial charge in [-0.25, -0.2) is 0 Å². The van der Waals surface area contributed by atoms with E-state index in [9.17, 15) is 4.79 Å². The minimum absolute atomic E-state index is 0.174. The van der Waals surface area contributed by atoms with Crippen LogP contribution in [0.1, 0.15) is 25.7 Å². The molecule has 1 aromatic carbocycles. The SMILES string of the molecule is COCCOc1cccc(NC2CCC(C(=O)O)CC2)c1. The first kappa shape index (κ1) is 15.6. The van der Waals surface area contributed by atoms with E-state index < -0.39 is 5.97 Å². The van der Waals surface area contributed by atoms with Crippen molar-refractivity contribution in [3.8, 4) is 5.75 Å². The molecule has 0 aromatic heterocycles. The molecule has 1 aliphatic rings. The van der Waals surface area contributed by atoms with E-state index in [1.807, 2.05) is 24.3 Å². The lowest BCUT2D eigenvalue weighted by Crippen LogP contribution is -2.29. The van der Waals surface area contributed by atoms with Crippen LogP contribution in [0.4, 0.5) is 5.69 Å². The molecule has 2 rings (SSSR count). The zero-order chi connectivity index (χ0) is 15.1. The summed E-state index contributed by atoms with van der Waals surface area (Å²) in [6.45, 7) is 1.10. The molecule has 2 N–H and O–H groups in total. The lowest BCUT2D eigenvalue weighted by atomic mass is 9.86. The minimum Gasteiger partial charge on any atom is -0.491 e. The van der Waals surface area contributed by atoms with E-state index in [1.165, 1.54) is 0 Å². The van der Waals surface area contributed by atoms with Crippen molar-refractivity contribution in [1.82, 2.24) is 0 Å². The van der Waals surface area contributed by atoms with Gasteiger partial charge < -0.3 is 19.9 Å². The molecule has 1 aliphatic carbocycles. The smallest absolute Gasteiger partial charge is 0.306 e. The highest BCUT2D eigenvalue weighted by Crippen LogP contribution is 2.27. The number of benzene rings is 1. The van der Waals surface area contributed by atoms with Gasteiger partial charge in [-0.15, -0.1) is 0 Å². The van der Waals surface area contributed by atoms with Crippen LogP contribution in [0.3, 0.4) is 0 Å². The summed E-state index contributed by atoms with van der Waals surface area (Å²) in [4.78, 5) is 10.9. The average Bonchev–Trinajstić information content (AvgIpc) is 2.48. The Balaban J connectivity index is 1.83. The van der Waals surface area contributed by atoms with Crippen LogP contribution in [-0.4, -0.2) is 37.4 Å². The predicted octanol–water partition coefficient (Wildman–Crippen LogP) is 2.77. The van der Waals surface area contributed by atoms with Gasteiger partial charge >= 0.3 is 5.97 Å². The van der Waals surface area contributed by atoms with Gasteiger partial charge in [-0.3, -0.25) is 4.79 Å². The number of nitrogens with one attached hydrogen (secondary N) is 1. The number of aliphatic carboxylic acids is 1. The maximum Gasteiger partial charge on any atom is 0.306 e. The number of ether oxygens (including phenoxy) is 2. The molecule has 0 radical (unpaired) electrons. The highest BCUT2D eigenvalue weighted by molar-refractivity contribution is 5.70. The molecule has 0 unspecified atom stereocenters. The van der Waals surface area contributed by atoms with Crippen molar-refractivity contribution >= 4 is 11.7 Å². The summed E-state index contributed by atoms with van der Waals surface area (Å²) in [5.41, 5.74) is 1.02. The average molecular weight is 293 g/mol. The predicted molar refractivity (Wildman–Crippen MR) is 80.8 cm³/mol. The number of rotatable bonds is 7. The van der Waals surface area contributed by atoms with Crippen LogP contribution in [0.5, 0.6) is 5.75 Å². The Morgan fingerprint density at radius 3 is 2.71 bits per heavy atom. The van der Waals surface area contributed by atoms with Gasteiger partial charge in [0.15, 0.2) is 0 Å². The maximum atomic E-state index is 10.9. The number of anilines is 1. The van der Waals surface area contributed by atoms with Crippen LogP contribution < -0.4 is 10.1 Å². The molecule has 116 valence electrons. The molecule has 21 heavy (non-hydrogen) atoms. The molecule has 1 fully saturated rings. The number of carboxylic acids is 1. The van der Waals surface area contributed by atoms with Gasteiger partial charge in [-0.1, -0.05) is 6.07 Å². The molecule has 0 aliphatic heterocycles. The second-order valence-corrected chi connectivity index (χ2v) is 5.40. The molecule has 5 nitrogen and oxygen atoms in total. The summed E-state index contributed by atoms with van der Waals surface area (Å²) < 4.78 is 10.5. The molecule has 1 saturated carbocycles. The van der Waals surface area contributed by atoms with Crippen LogP contribution in [0.2, 0.25) is 0 Å². The van der Waals surface area contributed by atoms with Gasteiger partial charge in [0.05, 0.1) is 12.5 Å². The standard InChI is InChI=1S/C16H23NO4/c1-20-9-10-21-15-4-2-3-14(11-15)17-13-7-5-12(6-8-13)16(18)19/h2-4,11-13,17H,5-10H2,1H3,(H,18,19). The van der Waals surface area contributed by atoms with Gasteiger partial charge in [-0.05, 0) is 37.8 Å². The summed E-state index contributed by atoms with van der Waals surface area (Å²) in [5.74, 6) is -0.0231. The Morgan fingerprint density at radius 2 is 2.05 bits per heavy atom. The van der Waals surface area contributed by atoms with Crippen LogP contribution in [0, 0.1) is 5.92 Å². The van der Waals surface area contributed by atoms with Crippen LogP contribution in [-0.2, 0) is 9.53 Å². The molecular formula is C16H23NO4. The fourth-order valence-electron chi connectivity index (χ4n) is 2.64. The summed E-state index contributed by atoms with van der Waals surface area (Å²) in [6.07, 6.45) is 3.28. The first-order valence-corrected chi connectivity index (χ1v) is 7.40. The van der Waals surface area contributed by atoms with Crippen molar-refractivity contribution in [2.75, 3.05) is 25.6 Å². The van der Waals surface area contributed by atoms with Gasteiger partial charge in [-0.2, -0.15) is 0 Å². The van der Waals surface area contributed by atoms with E-state index in [1.54, 1.807) is 7.11 Å². The normalized spacial score (nSPS) is 21.8. The van der Waals surface area contributed by atoms with E-state index in [2.05, 4.69) is 5.32 Å². The first-order valence-electron chi connectivity index (χ1n) is 7.40. The number of carbonyl (C=O) groups is 1. The second-order valence-electron chi connectivity index (χ2n) is 5.40. The molecular weight excluding hydrogens is 270 g/mol. The summed E-state index contributed by atoms with van der Waals surface area (Å²) in [6, 6.07) is 8.19. The van der Waals surface area contributed by atoms with Crippen LogP contribution in [0.15, 0.2) is 24.3 Å². The lowest BCUT2D eigenvalue weighted by Gasteiger charge is -2.27. The van der Waals surface area contributed by atoms with Crippen molar-refractivity contribution in [3.63, 3.8) is 0 Å². The van der Waals surface area contributed by atoms with Gasteiger partial charge in [0.25, 0.3) is 0 Å². The molecule has 0 atom stereocenters. The number of carboxylic acid groups (broad SMARTS) is 1. The maximum absolute atomic E-state index is 10.9. The third-order valence-electron chi connectivity index (χ3n) is 3.84. The van der Waals surface area contributed by atoms with Crippen LogP contribution >= 0.6 is 0 Å². The molecule has 0 amide bonds. The summed E-state index contributed by atoms with van der Waals surface area (Å²) in [5, 5.41) is 12.5. The Kier molecular flexibility index (Phi) is 5.87. The summed E-state index contributed by atoms with van der Waals surface area (Å²) >= 11 is 0. The largest absolute Gasteiger partial charge is 0.491 e. The Morgan fingerprint density at radius 1 is 1.29 bits per heavy atom. The third kappa shape index (κ3) is 4.93. The zero-order valence-corrected chi connectivity index (χ0v) is 12.4.